The highest BCUT2D eigenvalue weighted by molar-refractivity contribution is 14.1. The van der Waals surface area contributed by atoms with Crippen molar-refractivity contribution in [3.8, 4) is 0 Å². The Kier molecular flexibility index (Phi) is 3.48. The topological polar surface area (TPSA) is 29.4 Å². The Balaban J connectivity index is 2.68. The van der Waals surface area contributed by atoms with Crippen LogP contribution in [0.5, 0.6) is 0 Å². The fourth-order valence-electron chi connectivity index (χ4n) is 0.833. The van der Waals surface area contributed by atoms with Crippen LogP contribution in [0.1, 0.15) is 9.49 Å². The maximum atomic E-state index is 9.93. The summed E-state index contributed by atoms with van der Waals surface area (Å²) in [5.74, 6) is 0. The van der Waals surface area contributed by atoms with Crippen molar-refractivity contribution in [2.45, 2.75) is 3.92 Å². The van der Waals surface area contributed by atoms with Crippen LogP contribution in [-0.2, 0) is 0 Å². The summed E-state index contributed by atoms with van der Waals surface area (Å²) in [4.78, 5) is 9.93. The van der Waals surface area contributed by atoms with E-state index in [2.05, 4.69) is 27.8 Å². The van der Waals surface area contributed by atoms with Crippen LogP contribution in [-0.4, -0.2) is 6.54 Å². The molecule has 0 aliphatic carbocycles. The highest BCUT2D eigenvalue weighted by atomic mass is 127. The minimum Gasteiger partial charge on any atom is -0.151 e. The second-order valence-corrected chi connectivity index (χ2v) is 3.69. The molecule has 1 aromatic carbocycles. The van der Waals surface area contributed by atoms with Crippen molar-refractivity contribution >= 4 is 22.6 Å². The molecule has 58 valence electrons. The quantitative estimate of drug-likeness (QED) is 0.467. The lowest BCUT2D eigenvalue weighted by atomic mass is 10.2. The van der Waals surface area contributed by atoms with Crippen LogP contribution in [0.3, 0.4) is 0 Å². The SMILES string of the molecule is O=NCC(I)c1ccccc1. The van der Waals surface area contributed by atoms with E-state index in [4.69, 9.17) is 0 Å². The number of benzene rings is 1. The van der Waals surface area contributed by atoms with Crippen LogP contribution in [0.25, 0.3) is 0 Å². The van der Waals surface area contributed by atoms with Gasteiger partial charge in [-0.1, -0.05) is 58.1 Å². The van der Waals surface area contributed by atoms with E-state index in [1.807, 2.05) is 30.3 Å². The molecule has 11 heavy (non-hydrogen) atoms. The number of halogens is 1. The molecule has 0 aromatic heterocycles. The van der Waals surface area contributed by atoms with Gasteiger partial charge < -0.3 is 0 Å². The van der Waals surface area contributed by atoms with Gasteiger partial charge in [0.15, 0.2) is 0 Å². The Hall–Kier alpha value is -0.450. The van der Waals surface area contributed by atoms with Crippen molar-refractivity contribution < 1.29 is 0 Å². The lowest BCUT2D eigenvalue weighted by Gasteiger charge is -2.03. The highest BCUT2D eigenvalue weighted by Crippen LogP contribution is 2.22. The molecule has 0 saturated heterocycles. The molecule has 0 heterocycles. The standard InChI is InChI=1S/C8H8INO/c9-8(6-10-11)7-4-2-1-3-5-7/h1-5,8H,6H2. The van der Waals surface area contributed by atoms with Gasteiger partial charge >= 0.3 is 0 Å². The molecule has 1 rings (SSSR count). The second-order valence-electron chi connectivity index (χ2n) is 2.19. The van der Waals surface area contributed by atoms with Crippen LogP contribution in [0.2, 0.25) is 0 Å². The van der Waals surface area contributed by atoms with Crippen molar-refractivity contribution in [1.82, 2.24) is 0 Å². The van der Waals surface area contributed by atoms with Gasteiger partial charge in [0.2, 0.25) is 0 Å². The third-order valence-corrected chi connectivity index (χ3v) is 2.51. The molecule has 1 atom stereocenters. The van der Waals surface area contributed by atoms with Gasteiger partial charge in [0.1, 0.15) is 0 Å². The van der Waals surface area contributed by atoms with E-state index in [0.29, 0.717) is 6.54 Å². The van der Waals surface area contributed by atoms with E-state index < -0.39 is 0 Å². The molecule has 0 saturated carbocycles. The van der Waals surface area contributed by atoms with Gasteiger partial charge in [0, 0.05) is 0 Å². The zero-order valence-corrected chi connectivity index (χ0v) is 8.06. The van der Waals surface area contributed by atoms with Gasteiger partial charge in [-0.15, -0.1) is 0 Å². The molecule has 0 fully saturated rings. The fourth-order valence-corrected chi connectivity index (χ4v) is 1.41. The lowest BCUT2D eigenvalue weighted by Crippen LogP contribution is -1.91. The van der Waals surface area contributed by atoms with Gasteiger partial charge in [-0.25, -0.2) is 0 Å². The Morgan fingerprint density at radius 3 is 2.55 bits per heavy atom. The summed E-state index contributed by atoms with van der Waals surface area (Å²) in [6, 6.07) is 9.89. The number of nitroso groups, excluding NO2 is 1. The average Bonchev–Trinajstić information content (AvgIpc) is 2.07. The number of hydrogen-bond acceptors (Lipinski definition) is 2. The van der Waals surface area contributed by atoms with Crippen molar-refractivity contribution in [2.75, 3.05) is 6.54 Å². The first-order valence-corrected chi connectivity index (χ1v) is 4.57. The third-order valence-electron chi connectivity index (χ3n) is 1.40. The Bertz CT molecular complexity index is 225. The summed E-state index contributed by atoms with van der Waals surface area (Å²) >= 11 is 2.21. The molecule has 0 N–H and O–H groups in total. The first-order chi connectivity index (χ1) is 5.34. The van der Waals surface area contributed by atoms with E-state index in [1.54, 1.807) is 0 Å². The van der Waals surface area contributed by atoms with Crippen LogP contribution in [0.15, 0.2) is 35.5 Å². The van der Waals surface area contributed by atoms with Gasteiger partial charge in [-0.3, -0.25) is 0 Å². The minimum atomic E-state index is 0.214. The lowest BCUT2D eigenvalue weighted by molar-refractivity contribution is 0.966. The Morgan fingerprint density at radius 1 is 1.36 bits per heavy atom. The molecule has 3 heteroatoms. The van der Waals surface area contributed by atoms with E-state index in [0.717, 1.165) is 5.56 Å². The predicted molar refractivity (Wildman–Crippen MR) is 53.9 cm³/mol. The molecular formula is C8H8INO. The summed E-state index contributed by atoms with van der Waals surface area (Å²) in [6.07, 6.45) is 0. The Labute approximate surface area is 79.1 Å². The second kappa shape index (κ2) is 4.43. The van der Waals surface area contributed by atoms with Crippen LogP contribution in [0, 0.1) is 4.91 Å². The molecule has 0 aliphatic heterocycles. The summed E-state index contributed by atoms with van der Waals surface area (Å²) < 4.78 is 0.214. The van der Waals surface area contributed by atoms with Crippen molar-refractivity contribution in [2.24, 2.45) is 5.18 Å². The van der Waals surface area contributed by atoms with Crippen molar-refractivity contribution in [3.05, 3.63) is 40.8 Å². The van der Waals surface area contributed by atoms with Gasteiger partial charge in [-0.05, 0) is 5.56 Å². The predicted octanol–water partition coefficient (Wildman–Crippen LogP) is 2.93. The summed E-state index contributed by atoms with van der Waals surface area (Å²) in [6.45, 7) is 0.352. The van der Waals surface area contributed by atoms with E-state index in [-0.39, 0.29) is 3.92 Å². The molecular weight excluding hydrogens is 253 g/mol. The van der Waals surface area contributed by atoms with Crippen LogP contribution < -0.4 is 0 Å². The van der Waals surface area contributed by atoms with Gasteiger partial charge in [0.05, 0.1) is 10.5 Å². The van der Waals surface area contributed by atoms with E-state index in [1.165, 1.54) is 0 Å². The molecule has 0 radical (unpaired) electrons. The number of hydrogen-bond donors (Lipinski definition) is 0. The monoisotopic (exact) mass is 261 g/mol. The molecule has 1 aromatic rings. The van der Waals surface area contributed by atoms with Crippen molar-refractivity contribution in [1.29, 1.82) is 0 Å². The average molecular weight is 261 g/mol. The summed E-state index contributed by atoms with van der Waals surface area (Å²) in [5, 5.41) is 2.85. The van der Waals surface area contributed by atoms with E-state index in [9.17, 15) is 4.91 Å². The number of nitrogens with zero attached hydrogens (tertiary/aromatic N) is 1. The maximum Gasteiger partial charge on any atom is 0.0969 e. The van der Waals surface area contributed by atoms with Crippen LogP contribution >= 0.6 is 22.6 Å². The fraction of sp³-hybridized carbons (Fsp3) is 0.250. The maximum absolute atomic E-state index is 9.93. The molecule has 0 spiro atoms. The molecule has 0 amide bonds. The number of alkyl halides is 1. The molecule has 2 nitrogen and oxygen atoms in total. The highest BCUT2D eigenvalue weighted by Gasteiger charge is 2.04. The zero-order valence-electron chi connectivity index (χ0n) is 5.90. The molecule has 0 aliphatic rings. The normalized spacial score (nSPS) is 12.5. The third kappa shape index (κ3) is 2.57. The zero-order chi connectivity index (χ0) is 8.10. The number of rotatable bonds is 3. The van der Waals surface area contributed by atoms with Crippen LogP contribution in [0.4, 0.5) is 0 Å². The van der Waals surface area contributed by atoms with Crippen molar-refractivity contribution in [3.63, 3.8) is 0 Å². The Morgan fingerprint density at radius 2 is 2.00 bits per heavy atom. The molecule has 1 unspecified atom stereocenters. The smallest absolute Gasteiger partial charge is 0.0969 e. The van der Waals surface area contributed by atoms with Gasteiger partial charge in [0.25, 0.3) is 0 Å². The first kappa shape index (κ1) is 8.64. The summed E-state index contributed by atoms with van der Waals surface area (Å²) in [7, 11) is 0. The largest absolute Gasteiger partial charge is 0.151 e. The first-order valence-electron chi connectivity index (χ1n) is 3.32. The summed E-state index contributed by atoms with van der Waals surface area (Å²) in [5.41, 5.74) is 1.16. The minimum absolute atomic E-state index is 0.214. The van der Waals surface area contributed by atoms with Gasteiger partial charge in [-0.2, -0.15) is 4.91 Å². The molecule has 0 bridgehead atoms. The van der Waals surface area contributed by atoms with E-state index >= 15 is 0 Å².